The number of nitrogens with zero attached hydrogens (tertiary/aromatic N) is 2. The maximum Gasteiger partial charge on any atom is 0.0540 e. The molecule has 12 rings (SSSR count). The van der Waals surface area contributed by atoms with Gasteiger partial charge in [0.15, 0.2) is 0 Å². The van der Waals surface area contributed by atoms with Gasteiger partial charge in [-0.25, -0.2) is 0 Å². The van der Waals surface area contributed by atoms with Gasteiger partial charge in [0.25, 0.3) is 0 Å². The van der Waals surface area contributed by atoms with Crippen LogP contribution in [-0.2, 0) is 10.8 Å². The van der Waals surface area contributed by atoms with Crippen LogP contribution in [0, 0.1) is 13.8 Å². The van der Waals surface area contributed by atoms with Crippen molar-refractivity contribution in [1.82, 2.24) is 0 Å². The summed E-state index contributed by atoms with van der Waals surface area (Å²) in [5.74, 6) is 0. The molecule has 10 aromatic carbocycles. The SMILES string of the molecule is C=C1C=C2/C(=C\CC(C)(C)c3cc(N(c4ccc5ccccc5c4)c4cccc5ccccc45)cc(C)c31)c1c(C)cc(N(c3ccc4ccccc4c3)c3cccc4ccccc34)cc1C2(C)C. The Hall–Kier alpha value is -7.94. The molecule has 2 heteroatoms. The Balaban J connectivity index is 1.01. The minimum Gasteiger partial charge on any atom is -0.310 e. The molecule has 0 aromatic heterocycles. The van der Waals surface area contributed by atoms with E-state index < -0.39 is 0 Å². The molecule has 0 bridgehead atoms. The smallest absolute Gasteiger partial charge is 0.0540 e. The van der Waals surface area contributed by atoms with Gasteiger partial charge < -0.3 is 9.80 Å². The van der Waals surface area contributed by atoms with Gasteiger partial charge in [-0.3, -0.25) is 0 Å². The molecule has 0 saturated carbocycles. The molecule has 0 saturated heterocycles. The number of fused-ring (bicyclic) bond motifs is 8. The molecule has 2 aliphatic rings. The van der Waals surface area contributed by atoms with Gasteiger partial charge in [0, 0.05) is 38.9 Å². The van der Waals surface area contributed by atoms with Gasteiger partial charge in [-0.2, -0.15) is 0 Å². The van der Waals surface area contributed by atoms with E-state index in [1.807, 2.05) is 0 Å². The summed E-state index contributed by atoms with van der Waals surface area (Å²) < 4.78 is 0. The van der Waals surface area contributed by atoms with E-state index in [1.54, 1.807) is 0 Å². The molecule has 0 unspecified atom stereocenters. The van der Waals surface area contributed by atoms with Crippen molar-refractivity contribution in [3.05, 3.63) is 252 Å². The number of anilines is 6. The van der Waals surface area contributed by atoms with Crippen LogP contribution >= 0.6 is 0 Å². The lowest BCUT2D eigenvalue weighted by Gasteiger charge is -2.33. The second-order valence-corrected chi connectivity index (χ2v) is 20.5. The number of aryl methyl sites for hydroxylation is 2. The van der Waals surface area contributed by atoms with Crippen molar-refractivity contribution in [2.45, 2.75) is 58.8 Å². The molecule has 0 spiro atoms. The summed E-state index contributed by atoms with van der Waals surface area (Å²) in [6.07, 6.45) is 5.84. The van der Waals surface area contributed by atoms with Gasteiger partial charge >= 0.3 is 0 Å². The van der Waals surface area contributed by atoms with Crippen molar-refractivity contribution >= 4 is 88.4 Å². The van der Waals surface area contributed by atoms with Crippen molar-refractivity contribution < 1.29 is 0 Å². The topological polar surface area (TPSA) is 6.48 Å². The maximum absolute atomic E-state index is 4.96. The summed E-state index contributed by atoms with van der Waals surface area (Å²) >= 11 is 0. The summed E-state index contributed by atoms with van der Waals surface area (Å²) in [6.45, 7) is 19.2. The maximum atomic E-state index is 4.96. The van der Waals surface area contributed by atoms with E-state index in [2.05, 4.69) is 258 Å². The van der Waals surface area contributed by atoms with Crippen molar-refractivity contribution in [2.75, 3.05) is 9.80 Å². The number of benzene rings is 10. The molecule has 0 heterocycles. The van der Waals surface area contributed by atoms with Gasteiger partial charge in [0.2, 0.25) is 0 Å². The third kappa shape index (κ3) is 7.00. The van der Waals surface area contributed by atoms with Crippen LogP contribution < -0.4 is 9.80 Å². The Morgan fingerprint density at radius 1 is 0.420 bits per heavy atom. The number of allylic oxidation sites excluding steroid dienone is 5. The molecule has 10 aromatic rings. The molecule has 334 valence electrons. The Morgan fingerprint density at radius 2 is 0.870 bits per heavy atom. The highest BCUT2D eigenvalue weighted by Crippen LogP contribution is 2.56. The Kier molecular flexibility index (Phi) is 9.90. The van der Waals surface area contributed by atoms with Gasteiger partial charge in [-0.15, -0.1) is 0 Å². The second kappa shape index (κ2) is 16.1. The van der Waals surface area contributed by atoms with Gasteiger partial charge in [0.1, 0.15) is 0 Å². The molecule has 69 heavy (non-hydrogen) atoms. The zero-order valence-electron chi connectivity index (χ0n) is 40.4. The van der Waals surface area contributed by atoms with Crippen LogP contribution in [0.4, 0.5) is 34.1 Å². The summed E-state index contributed by atoms with van der Waals surface area (Å²) in [4.78, 5) is 4.95. The van der Waals surface area contributed by atoms with Crippen LogP contribution in [0.2, 0.25) is 0 Å². The predicted octanol–water partition coefficient (Wildman–Crippen LogP) is 18.9. The highest BCUT2D eigenvalue weighted by atomic mass is 15.1. The summed E-state index contributed by atoms with van der Waals surface area (Å²) in [7, 11) is 0. The first kappa shape index (κ1) is 42.4. The van der Waals surface area contributed by atoms with Crippen LogP contribution in [0.1, 0.15) is 67.5 Å². The van der Waals surface area contributed by atoms with Crippen molar-refractivity contribution in [1.29, 1.82) is 0 Å². The molecular weight excluding hydrogens is 833 g/mol. The molecular formula is C67H56N2. The predicted molar refractivity (Wildman–Crippen MR) is 298 cm³/mol. The van der Waals surface area contributed by atoms with E-state index in [0.717, 1.165) is 40.4 Å². The van der Waals surface area contributed by atoms with Crippen LogP contribution in [0.3, 0.4) is 0 Å². The minimum absolute atomic E-state index is 0.231. The van der Waals surface area contributed by atoms with Crippen LogP contribution in [0.25, 0.3) is 54.2 Å². The first-order valence-electron chi connectivity index (χ1n) is 24.4. The monoisotopic (exact) mass is 888 g/mol. The quantitative estimate of drug-likeness (QED) is 0.164. The van der Waals surface area contributed by atoms with Crippen LogP contribution in [-0.4, -0.2) is 0 Å². The third-order valence-corrected chi connectivity index (χ3v) is 15.2. The first-order chi connectivity index (χ1) is 33.4. The molecule has 2 nitrogen and oxygen atoms in total. The average molecular weight is 889 g/mol. The summed E-state index contributed by atoms with van der Waals surface area (Å²) in [5.41, 5.74) is 17.8. The highest BCUT2D eigenvalue weighted by molar-refractivity contribution is 6.03. The fraction of sp³-hybridized carbons (Fsp3) is 0.134. The Morgan fingerprint density at radius 3 is 1.41 bits per heavy atom. The van der Waals surface area contributed by atoms with E-state index in [4.69, 9.17) is 6.58 Å². The summed E-state index contributed by atoms with van der Waals surface area (Å²) in [6, 6.07) is 71.7. The second-order valence-electron chi connectivity index (χ2n) is 20.5. The van der Waals surface area contributed by atoms with Crippen molar-refractivity contribution in [3.63, 3.8) is 0 Å². The first-order valence-corrected chi connectivity index (χ1v) is 24.4. The lowest BCUT2D eigenvalue weighted by atomic mass is 9.76. The number of hydrogen-bond donors (Lipinski definition) is 0. The van der Waals surface area contributed by atoms with E-state index in [1.165, 1.54) is 93.3 Å². The average Bonchev–Trinajstić information content (AvgIpc) is 3.59. The summed E-state index contributed by atoms with van der Waals surface area (Å²) in [5, 5.41) is 9.80. The number of hydrogen-bond acceptors (Lipinski definition) is 2. The zero-order valence-corrected chi connectivity index (χ0v) is 40.4. The molecule has 0 N–H and O–H groups in total. The minimum atomic E-state index is -0.303. The van der Waals surface area contributed by atoms with E-state index in [-0.39, 0.29) is 10.8 Å². The Bertz CT molecular complexity index is 3810. The van der Waals surface area contributed by atoms with Crippen molar-refractivity contribution in [3.8, 4) is 0 Å². The zero-order chi connectivity index (χ0) is 47.2. The lowest BCUT2D eigenvalue weighted by molar-refractivity contribution is 0.533. The van der Waals surface area contributed by atoms with Crippen molar-refractivity contribution in [2.24, 2.45) is 0 Å². The third-order valence-electron chi connectivity index (χ3n) is 15.2. The van der Waals surface area contributed by atoms with Gasteiger partial charge in [0.05, 0.1) is 11.4 Å². The largest absolute Gasteiger partial charge is 0.310 e. The standard InChI is InChI=1S/C67H56N2/c1-43-36-54(68(52-32-30-46-18-8-10-22-50(46)39-52)62-28-16-24-48-20-12-14-26-56(48)62)41-60-64(43)45(3)38-59-58(34-35-66(60,4)5)65-44(2)37-55(42-61(65)67(59,6)7)69(53-33-31-47-19-9-11-23-51(47)40-53)63-29-17-25-49-21-13-15-27-57(49)63/h8-34,36-42H,3,35H2,1-2,4-7H3/b58-34+,59-38?. The lowest BCUT2D eigenvalue weighted by Crippen LogP contribution is -2.20. The molecule has 0 aliphatic heterocycles. The Labute approximate surface area is 406 Å². The van der Waals surface area contributed by atoms with Gasteiger partial charge in [-0.05, 0) is 169 Å². The van der Waals surface area contributed by atoms with E-state index in [9.17, 15) is 0 Å². The number of rotatable bonds is 6. The molecule has 0 amide bonds. The molecule has 0 fully saturated rings. The van der Waals surface area contributed by atoms with Crippen LogP contribution in [0.5, 0.6) is 0 Å². The van der Waals surface area contributed by atoms with Gasteiger partial charge in [-0.1, -0.05) is 180 Å². The van der Waals surface area contributed by atoms with E-state index >= 15 is 0 Å². The fourth-order valence-electron chi connectivity index (χ4n) is 11.7. The fourth-order valence-corrected chi connectivity index (χ4v) is 11.7. The normalized spacial score (nSPS) is 15.7. The highest BCUT2D eigenvalue weighted by Gasteiger charge is 2.41. The molecule has 0 radical (unpaired) electrons. The van der Waals surface area contributed by atoms with E-state index in [0.29, 0.717) is 0 Å². The molecule has 2 aliphatic carbocycles. The van der Waals surface area contributed by atoms with Crippen LogP contribution in [0.15, 0.2) is 218 Å². The molecule has 0 atom stereocenters.